The molecule has 268 valence electrons. The van der Waals surface area contributed by atoms with Gasteiger partial charge in [-0.25, -0.2) is 13.6 Å². The van der Waals surface area contributed by atoms with Gasteiger partial charge in [0.25, 0.3) is 0 Å². The third kappa shape index (κ3) is 18.8. The van der Waals surface area contributed by atoms with Crippen molar-refractivity contribution in [2.75, 3.05) is 27.4 Å². The summed E-state index contributed by atoms with van der Waals surface area (Å²) in [6.07, 6.45) is 13.2. The second-order valence-electron chi connectivity index (χ2n) is 12.3. The van der Waals surface area contributed by atoms with Crippen molar-refractivity contribution in [3.63, 3.8) is 0 Å². The van der Waals surface area contributed by atoms with Crippen LogP contribution in [-0.4, -0.2) is 62.4 Å². The van der Waals surface area contributed by atoms with Gasteiger partial charge in [0.1, 0.15) is 11.8 Å². The number of halogens is 2. The minimum atomic E-state index is -2.62. The summed E-state index contributed by atoms with van der Waals surface area (Å²) in [6.45, 7) is 4.94. The molecule has 0 radical (unpaired) electrons. The molecule has 0 spiro atoms. The SMILES string of the molecule is CCCCCCCC(F)(F)CCCCCC/C=C/[C@H](C(=O)N[C@@H](Cc1ccc(OCCCC)cc1)C(=O)OC)[C@@H](CCOC)C(=O)O. The van der Waals surface area contributed by atoms with Gasteiger partial charge in [-0.3, -0.25) is 9.59 Å². The fourth-order valence-electron chi connectivity index (χ4n) is 5.36. The van der Waals surface area contributed by atoms with Crippen LogP contribution in [0.3, 0.4) is 0 Å². The van der Waals surface area contributed by atoms with Gasteiger partial charge in [-0.1, -0.05) is 83.1 Å². The fourth-order valence-corrected chi connectivity index (χ4v) is 5.36. The predicted octanol–water partition coefficient (Wildman–Crippen LogP) is 8.31. The average molecular weight is 668 g/mol. The van der Waals surface area contributed by atoms with Gasteiger partial charge in [-0.05, 0) is 56.2 Å². The maximum Gasteiger partial charge on any atom is 0.328 e. The van der Waals surface area contributed by atoms with Crippen molar-refractivity contribution in [2.45, 2.75) is 129 Å². The quantitative estimate of drug-likeness (QED) is 0.0525. The van der Waals surface area contributed by atoms with Crippen LogP contribution in [-0.2, 0) is 30.3 Å². The Bertz CT molecular complexity index is 1030. The van der Waals surface area contributed by atoms with Gasteiger partial charge in [-0.2, -0.15) is 0 Å². The van der Waals surface area contributed by atoms with Crippen LogP contribution < -0.4 is 10.1 Å². The summed E-state index contributed by atoms with van der Waals surface area (Å²) in [5.41, 5.74) is 0.773. The summed E-state index contributed by atoms with van der Waals surface area (Å²) < 4.78 is 44.1. The minimum absolute atomic E-state index is 0.0477. The first-order chi connectivity index (χ1) is 22.6. The van der Waals surface area contributed by atoms with Crippen LogP contribution in [0, 0.1) is 11.8 Å². The van der Waals surface area contributed by atoms with Crippen LogP contribution in [0.15, 0.2) is 36.4 Å². The minimum Gasteiger partial charge on any atom is -0.494 e. The first-order valence-corrected chi connectivity index (χ1v) is 17.4. The number of rotatable bonds is 28. The molecule has 47 heavy (non-hydrogen) atoms. The highest BCUT2D eigenvalue weighted by molar-refractivity contribution is 5.90. The molecule has 1 amide bonds. The summed E-state index contributed by atoms with van der Waals surface area (Å²) in [4.78, 5) is 38.4. The topological polar surface area (TPSA) is 111 Å². The Morgan fingerprint density at radius 3 is 2.06 bits per heavy atom. The van der Waals surface area contributed by atoms with Crippen molar-refractivity contribution in [3.05, 3.63) is 42.0 Å². The number of esters is 1. The number of carboxylic acids is 1. The maximum atomic E-state index is 14.2. The highest BCUT2D eigenvalue weighted by Gasteiger charge is 2.34. The number of alkyl halides is 2. The van der Waals surface area contributed by atoms with Crippen LogP contribution in [0.25, 0.3) is 0 Å². The molecule has 0 aromatic heterocycles. The van der Waals surface area contributed by atoms with Gasteiger partial charge in [0.15, 0.2) is 0 Å². The number of hydrogen-bond donors (Lipinski definition) is 2. The number of hydrogen-bond acceptors (Lipinski definition) is 6. The van der Waals surface area contributed by atoms with Crippen molar-refractivity contribution in [1.29, 1.82) is 0 Å². The first kappa shape index (κ1) is 42.0. The Kier molecular flexibility index (Phi) is 22.4. The van der Waals surface area contributed by atoms with Gasteiger partial charge < -0.3 is 24.6 Å². The van der Waals surface area contributed by atoms with Crippen molar-refractivity contribution >= 4 is 17.8 Å². The van der Waals surface area contributed by atoms with Crippen LogP contribution in [0.5, 0.6) is 5.75 Å². The highest BCUT2D eigenvalue weighted by Crippen LogP contribution is 2.29. The standard InChI is InChI=1S/C37H59F2NO7/c1-5-7-9-13-16-24-37(38,39)25-17-14-11-10-12-15-18-31(32(35(42)43)23-27-45-3)34(41)40-33(36(44)46-4)28-29-19-21-30(22-20-29)47-26-8-6-2/h15,18-22,31-33H,5-14,16-17,23-28H2,1-4H3,(H,40,41)(H,42,43)/b18-15+/t31-,32+,33-/m0/s1. The lowest BCUT2D eigenvalue weighted by Gasteiger charge is -2.24. The molecular weight excluding hydrogens is 608 g/mol. The van der Waals surface area contributed by atoms with E-state index in [0.717, 1.165) is 56.9 Å². The third-order valence-electron chi connectivity index (χ3n) is 8.27. The molecule has 10 heteroatoms. The lowest BCUT2D eigenvalue weighted by atomic mass is 9.87. The number of amides is 1. The monoisotopic (exact) mass is 667 g/mol. The molecule has 0 aliphatic carbocycles. The van der Waals surface area contributed by atoms with E-state index in [9.17, 15) is 28.3 Å². The van der Waals surface area contributed by atoms with E-state index in [4.69, 9.17) is 14.2 Å². The van der Waals surface area contributed by atoms with Crippen LogP contribution in [0.4, 0.5) is 8.78 Å². The molecule has 0 fully saturated rings. The summed E-state index contributed by atoms with van der Waals surface area (Å²) in [6, 6.07) is 6.21. The van der Waals surface area contributed by atoms with E-state index >= 15 is 0 Å². The number of unbranched alkanes of at least 4 members (excludes halogenated alkanes) is 9. The zero-order valence-electron chi connectivity index (χ0n) is 29.1. The molecular formula is C37H59F2NO7. The summed E-state index contributed by atoms with van der Waals surface area (Å²) in [7, 11) is 2.69. The van der Waals surface area contributed by atoms with Crippen molar-refractivity contribution in [3.8, 4) is 5.75 Å². The first-order valence-electron chi connectivity index (χ1n) is 17.4. The number of carbonyl (C=O) groups is 3. The molecule has 3 atom stereocenters. The van der Waals surface area contributed by atoms with E-state index in [1.54, 1.807) is 24.3 Å². The number of ether oxygens (including phenoxy) is 3. The van der Waals surface area contributed by atoms with E-state index < -0.39 is 41.6 Å². The normalized spacial score (nSPS) is 13.7. The van der Waals surface area contributed by atoms with E-state index in [2.05, 4.69) is 19.2 Å². The van der Waals surface area contributed by atoms with Crippen LogP contribution in [0.1, 0.15) is 116 Å². The van der Waals surface area contributed by atoms with Gasteiger partial charge >= 0.3 is 11.9 Å². The fraction of sp³-hybridized carbons (Fsp3) is 0.703. The molecule has 0 unspecified atom stereocenters. The lowest BCUT2D eigenvalue weighted by Crippen LogP contribution is -2.47. The van der Waals surface area contributed by atoms with E-state index in [1.807, 2.05) is 12.1 Å². The largest absolute Gasteiger partial charge is 0.494 e. The molecule has 2 N–H and O–H groups in total. The number of carboxylic acid groups (broad SMARTS) is 1. The predicted molar refractivity (Wildman–Crippen MR) is 181 cm³/mol. The molecule has 0 heterocycles. The Hall–Kier alpha value is -3.01. The zero-order chi connectivity index (χ0) is 34.9. The summed E-state index contributed by atoms with van der Waals surface area (Å²) in [5.74, 6) is -6.43. The second kappa shape index (κ2) is 25.1. The number of nitrogens with one attached hydrogen (secondary N) is 1. The lowest BCUT2D eigenvalue weighted by molar-refractivity contribution is -0.148. The van der Waals surface area contributed by atoms with E-state index in [-0.39, 0.29) is 32.3 Å². The highest BCUT2D eigenvalue weighted by atomic mass is 19.3. The van der Waals surface area contributed by atoms with Crippen LogP contribution in [0.2, 0.25) is 0 Å². The molecule has 0 saturated carbocycles. The Morgan fingerprint density at radius 1 is 0.872 bits per heavy atom. The number of benzene rings is 1. The molecule has 0 aliphatic rings. The molecule has 1 aromatic carbocycles. The van der Waals surface area contributed by atoms with Gasteiger partial charge in [0.05, 0.1) is 25.6 Å². The number of aliphatic carboxylic acids is 1. The van der Waals surface area contributed by atoms with E-state index in [0.29, 0.717) is 38.0 Å². The Morgan fingerprint density at radius 2 is 1.49 bits per heavy atom. The third-order valence-corrected chi connectivity index (χ3v) is 8.27. The molecule has 8 nitrogen and oxygen atoms in total. The van der Waals surface area contributed by atoms with Crippen molar-refractivity contribution in [1.82, 2.24) is 5.32 Å². The molecule has 1 rings (SSSR count). The van der Waals surface area contributed by atoms with Crippen molar-refractivity contribution < 1.29 is 42.5 Å². The number of carbonyl (C=O) groups excluding carboxylic acids is 2. The van der Waals surface area contributed by atoms with Crippen LogP contribution >= 0.6 is 0 Å². The average Bonchev–Trinajstić information content (AvgIpc) is 3.04. The van der Waals surface area contributed by atoms with Crippen molar-refractivity contribution in [2.24, 2.45) is 11.8 Å². The Balaban J connectivity index is 2.79. The Labute approximate surface area is 281 Å². The number of methoxy groups -OCH3 is 2. The second-order valence-corrected chi connectivity index (χ2v) is 12.3. The molecule has 0 bridgehead atoms. The molecule has 0 saturated heterocycles. The number of allylic oxidation sites excluding steroid dienone is 1. The van der Waals surface area contributed by atoms with E-state index in [1.165, 1.54) is 14.2 Å². The summed E-state index contributed by atoms with van der Waals surface area (Å²) >= 11 is 0. The van der Waals surface area contributed by atoms with Gasteiger partial charge in [0, 0.05) is 33.0 Å². The molecule has 1 aromatic rings. The maximum absolute atomic E-state index is 14.2. The smallest absolute Gasteiger partial charge is 0.328 e. The van der Waals surface area contributed by atoms with Gasteiger partial charge in [-0.15, -0.1) is 0 Å². The van der Waals surface area contributed by atoms with Gasteiger partial charge in [0.2, 0.25) is 11.8 Å². The summed E-state index contributed by atoms with van der Waals surface area (Å²) in [5, 5.41) is 12.7. The molecule has 0 aliphatic heterocycles. The zero-order valence-corrected chi connectivity index (χ0v) is 29.1.